The molecular formula is C16H36O3Si2. The van der Waals surface area contributed by atoms with E-state index in [0.717, 1.165) is 42.6 Å². The predicted octanol–water partition coefficient (Wildman–Crippen LogP) is 3.27. The minimum Gasteiger partial charge on any atom is -0.420 e. The molecule has 0 aliphatic carbocycles. The van der Waals surface area contributed by atoms with Crippen LogP contribution in [-0.4, -0.2) is 38.6 Å². The quantitative estimate of drug-likeness (QED) is 0.312. The molecule has 21 heavy (non-hydrogen) atoms. The van der Waals surface area contributed by atoms with Gasteiger partial charge in [-0.1, -0.05) is 38.8 Å². The van der Waals surface area contributed by atoms with E-state index in [9.17, 15) is 0 Å². The summed E-state index contributed by atoms with van der Waals surface area (Å²) >= 11 is 0. The molecule has 0 saturated carbocycles. The summed E-state index contributed by atoms with van der Waals surface area (Å²) in [6.07, 6.45) is 8.36. The molecule has 0 radical (unpaired) electrons. The van der Waals surface area contributed by atoms with Crippen molar-refractivity contribution in [3.63, 3.8) is 0 Å². The highest BCUT2D eigenvalue weighted by Crippen LogP contribution is 2.05. The summed E-state index contributed by atoms with van der Waals surface area (Å²) in [5.74, 6) is 0. The Morgan fingerprint density at radius 1 is 1.05 bits per heavy atom. The van der Waals surface area contributed by atoms with Gasteiger partial charge >= 0.3 is 9.28 Å². The van der Waals surface area contributed by atoms with Gasteiger partial charge in [0, 0.05) is 19.3 Å². The van der Waals surface area contributed by atoms with Gasteiger partial charge in [-0.05, 0) is 26.7 Å². The lowest BCUT2D eigenvalue weighted by atomic mass is 10.1. The van der Waals surface area contributed by atoms with Gasteiger partial charge < -0.3 is 13.3 Å². The van der Waals surface area contributed by atoms with Gasteiger partial charge in [-0.2, -0.15) is 0 Å². The number of hydrogen-bond donors (Lipinski definition) is 0. The number of unbranched alkanes of at least 4 members (excludes halogenated alkanes) is 2. The summed E-state index contributed by atoms with van der Waals surface area (Å²) in [6, 6.07) is 0.924. The van der Waals surface area contributed by atoms with Crippen LogP contribution in [0.3, 0.4) is 0 Å². The largest absolute Gasteiger partial charge is 0.420 e. The van der Waals surface area contributed by atoms with Crippen LogP contribution in [0, 0.1) is 0 Å². The maximum atomic E-state index is 5.71. The topological polar surface area (TPSA) is 27.7 Å². The molecule has 0 saturated heterocycles. The molecule has 0 aromatic carbocycles. The van der Waals surface area contributed by atoms with Crippen molar-refractivity contribution in [1.29, 1.82) is 0 Å². The first-order chi connectivity index (χ1) is 9.97. The first-order valence-electron chi connectivity index (χ1n) is 8.00. The monoisotopic (exact) mass is 332 g/mol. The summed E-state index contributed by atoms with van der Waals surface area (Å²) in [6.45, 7) is 17.4. The Labute approximate surface area is 137 Å². The van der Waals surface area contributed by atoms with Crippen LogP contribution in [0.15, 0.2) is 25.3 Å². The van der Waals surface area contributed by atoms with Crippen molar-refractivity contribution in [2.75, 3.05) is 13.2 Å². The van der Waals surface area contributed by atoms with Crippen LogP contribution in [0.5, 0.6) is 0 Å². The number of rotatable bonds is 12. The van der Waals surface area contributed by atoms with Crippen molar-refractivity contribution >= 4 is 19.8 Å². The van der Waals surface area contributed by atoms with E-state index < -0.39 is 9.28 Å². The second kappa shape index (κ2) is 16.2. The Morgan fingerprint density at radius 3 is 1.76 bits per heavy atom. The van der Waals surface area contributed by atoms with Crippen molar-refractivity contribution < 1.29 is 13.3 Å². The smallest absolute Gasteiger partial charge is 0.325 e. The highest BCUT2D eigenvalue weighted by Gasteiger charge is 2.10. The number of hydrogen-bond acceptors (Lipinski definition) is 3. The van der Waals surface area contributed by atoms with E-state index >= 15 is 0 Å². The zero-order valence-corrected chi connectivity index (χ0v) is 18.0. The molecule has 0 spiro atoms. The third-order valence-corrected chi connectivity index (χ3v) is 5.97. The fourth-order valence-corrected chi connectivity index (χ4v) is 2.79. The van der Waals surface area contributed by atoms with Gasteiger partial charge in [0.1, 0.15) is 10.5 Å². The Bertz CT molecular complexity index is 236. The van der Waals surface area contributed by atoms with Gasteiger partial charge in [0.2, 0.25) is 0 Å². The minimum absolute atomic E-state index is 0.0910. The lowest BCUT2D eigenvalue weighted by Gasteiger charge is -2.17. The highest BCUT2D eigenvalue weighted by atomic mass is 28.3. The van der Waals surface area contributed by atoms with E-state index in [2.05, 4.69) is 27.0 Å². The molecule has 5 heteroatoms. The molecular weight excluding hydrogens is 296 g/mol. The molecule has 0 aliphatic heterocycles. The van der Waals surface area contributed by atoms with E-state index in [1.165, 1.54) is 12.8 Å². The molecule has 0 aromatic rings. The van der Waals surface area contributed by atoms with Crippen molar-refractivity contribution in [2.24, 2.45) is 0 Å². The summed E-state index contributed by atoms with van der Waals surface area (Å²) in [7, 11) is -0.629. The van der Waals surface area contributed by atoms with Crippen molar-refractivity contribution in [1.82, 2.24) is 0 Å². The van der Waals surface area contributed by atoms with E-state index in [4.69, 9.17) is 13.3 Å². The number of allylic oxidation sites excluding steroid dienone is 1. The van der Waals surface area contributed by atoms with Crippen LogP contribution in [-0.2, 0) is 13.3 Å². The van der Waals surface area contributed by atoms with E-state index in [1.807, 2.05) is 19.9 Å². The Balaban J connectivity index is 0. The molecule has 0 amide bonds. The molecule has 0 aliphatic rings. The zero-order chi connectivity index (χ0) is 16.6. The fourth-order valence-electron chi connectivity index (χ4n) is 1.12. The van der Waals surface area contributed by atoms with Crippen LogP contribution >= 0.6 is 0 Å². The lowest BCUT2D eigenvalue weighted by molar-refractivity contribution is 0.180. The van der Waals surface area contributed by atoms with Gasteiger partial charge in [-0.15, -0.1) is 13.2 Å². The van der Waals surface area contributed by atoms with Crippen LogP contribution in [0.1, 0.15) is 53.4 Å². The van der Waals surface area contributed by atoms with E-state index in [1.54, 1.807) is 6.08 Å². The van der Waals surface area contributed by atoms with Gasteiger partial charge in [-0.3, -0.25) is 0 Å². The SMILES string of the molecule is C=CC(C)(C)O[SiH3].C=CC[SiH](OCCCC)OCCCC. The maximum Gasteiger partial charge on any atom is 0.325 e. The summed E-state index contributed by atoms with van der Waals surface area (Å²) in [4.78, 5) is 0. The van der Waals surface area contributed by atoms with Crippen LogP contribution in [0.2, 0.25) is 6.04 Å². The molecule has 3 nitrogen and oxygen atoms in total. The Kier molecular flexibility index (Phi) is 17.8. The average molecular weight is 333 g/mol. The standard InChI is InChI=1S/C11H24O2Si.C5H12OSi/c1-4-7-9-12-14(11-6-3)13-10-8-5-2;1-4-5(2,3)6-7/h6,14H,3-5,7-11H2,1-2H3;4H,1H2,2-3,7H3. The molecule has 126 valence electrons. The van der Waals surface area contributed by atoms with Gasteiger partial charge in [0.15, 0.2) is 0 Å². The maximum absolute atomic E-state index is 5.71. The van der Waals surface area contributed by atoms with E-state index in [-0.39, 0.29) is 5.60 Å². The summed E-state index contributed by atoms with van der Waals surface area (Å²) in [5.41, 5.74) is -0.0910. The van der Waals surface area contributed by atoms with Crippen LogP contribution in [0.4, 0.5) is 0 Å². The summed E-state index contributed by atoms with van der Waals surface area (Å²) < 4.78 is 16.5. The van der Waals surface area contributed by atoms with Crippen molar-refractivity contribution in [3.8, 4) is 0 Å². The zero-order valence-electron chi connectivity index (χ0n) is 14.8. The minimum atomic E-state index is -1.42. The normalized spacial score (nSPS) is 11.1. The Morgan fingerprint density at radius 2 is 1.52 bits per heavy atom. The highest BCUT2D eigenvalue weighted by molar-refractivity contribution is 6.44. The molecule has 0 bridgehead atoms. The van der Waals surface area contributed by atoms with Crippen molar-refractivity contribution in [2.45, 2.75) is 65.0 Å². The molecule has 0 rings (SSSR count). The van der Waals surface area contributed by atoms with Crippen molar-refractivity contribution in [3.05, 3.63) is 25.3 Å². The molecule has 0 aromatic heterocycles. The first-order valence-corrected chi connectivity index (χ1v) is 10.6. The van der Waals surface area contributed by atoms with Gasteiger partial charge in [0.05, 0.1) is 5.60 Å². The average Bonchev–Trinajstić information content (AvgIpc) is 2.48. The van der Waals surface area contributed by atoms with Crippen LogP contribution in [0.25, 0.3) is 0 Å². The summed E-state index contributed by atoms with van der Waals surface area (Å²) in [5, 5.41) is 0. The molecule has 0 atom stereocenters. The molecule has 0 heterocycles. The van der Waals surface area contributed by atoms with Crippen LogP contribution < -0.4 is 0 Å². The molecule has 0 N–H and O–H groups in total. The fraction of sp³-hybridized carbons (Fsp3) is 0.750. The van der Waals surface area contributed by atoms with E-state index in [0.29, 0.717) is 0 Å². The lowest BCUT2D eigenvalue weighted by Crippen LogP contribution is -2.23. The van der Waals surface area contributed by atoms with Gasteiger partial charge in [0.25, 0.3) is 0 Å². The second-order valence-electron chi connectivity index (χ2n) is 5.41. The first kappa shape index (κ1) is 23.1. The third kappa shape index (κ3) is 17.7. The van der Waals surface area contributed by atoms with Gasteiger partial charge in [-0.25, -0.2) is 0 Å². The second-order valence-corrected chi connectivity index (χ2v) is 7.82. The third-order valence-electron chi connectivity index (χ3n) is 2.98. The molecule has 0 unspecified atom stereocenters. The predicted molar refractivity (Wildman–Crippen MR) is 99.2 cm³/mol. The Hall–Kier alpha value is -0.206. The molecule has 0 fully saturated rings.